The minimum Gasteiger partial charge on any atom is -0.342 e. The van der Waals surface area contributed by atoms with Crippen LogP contribution in [-0.2, 0) is 17.8 Å². The molecule has 1 saturated heterocycles. The quantitative estimate of drug-likeness (QED) is 0.874. The molecule has 122 valence electrons. The zero-order valence-electron chi connectivity index (χ0n) is 14.3. The molecule has 1 heterocycles. The summed E-state index contributed by atoms with van der Waals surface area (Å²) in [6, 6.07) is 9.41. The largest absolute Gasteiger partial charge is 0.342 e. The van der Waals surface area contributed by atoms with E-state index in [1.165, 1.54) is 11.1 Å². The zero-order chi connectivity index (χ0) is 15.9. The van der Waals surface area contributed by atoms with Crippen molar-refractivity contribution >= 4 is 5.91 Å². The number of nitrogens with zero attached hydrogens (tertiary/aromatic N) is 1. The van der Waals surface area contributed by atoms with E-state index in [0.29, 0.717) is 24.3 Å². The maximum Gasteiger partial charge on any atom is 0.222 e. The zero-order valence-corrected chi connectivity index (χ0v) is 14.3. The highest BCUT2D eigenvalue weighted by molar-refractivity contribution is 5.75. The molecule has 1 amide bonds. The van der Waals surface area contributed by atoms with Crippen LogP contribution in [0.25, 0.3) is 0 Å². The predicted molar refractivity (Wildman–Crippen MR) is 91.7 cm³/mol. The van der Waals surface area contributed by atoms with Crippen molar-refractivity contribution in [2.24, 2.45) is 5.92 Å². The third kappa shape index (κ3) is 4.33. The molecule has 1 aliphatic heterocycles. The van der Waals surface area contributed by atoms with E-state index < -0.39 is 0 Å². The Morgan fingerprint density at radius 2 is 1.86 bits per heavy atom. The van der Waals surface area contributed by atoms with Gasteiger partial charge >= 0.3 is 0 Å². The molecule has 0 bridgehead atoms. The second kappa shape index (κ2) is 8.33. The summed E-state index contributed by atoms with van der Waals surface area (Å²) in [6.07, 6.45) is 3.91. The Labute approximate surface area is 135 Å². The van der Waals surface area contributed by atoms with Crippen molar-refractivity contribution in [3.63, 3.8) is 0 Å². The number of hydrogen-bond acceptors (Lipinski definition) is 2. The van der Waals surface area contributed by atoms with E-state index in [2.05, 4.69) is 43.4 Å². The van der Waals surface area contributed by atoms with Gasteiger partial charge in [-0.1, -0.05) is 51.5 Å². The van der Waals surface area contributed by atoms with Crippen molar-refractivity contribution in [3.8, 4) is 0 Å². The smallest absolute Gasteiger partial charge is 0.222 e. The number of nitrogens with one attached hydrogen (secondary N) is 1. The van der Waals surface area contributed by atoms with Crippen molar-refractivity contribution in [1.29, 1.82) is 0 Å². The normalized spacial score (nSPS) is 21.9. The lowest BCUT2D eigenvalue weighted by atomic mass is 9.89. The van der Waals surface area contributed by atoms with E-state index in [1.807, 2.05) is 11.8 Å². The molecule has 1 aromatic carbocycles. The number of aryl methyl sites for hydroxylation is 1. The van der Waals surface area contributed by atoms with E-state index in [4.69, 9.17) is 0 Å². The SMILES string of the molecule is CCC(=O)N1CC[C@@H](NCc2ccc(CC)cc2)[C@H](CC)C1. The van der Waals surface area contributed by atoms with Gasteiger partial charge in [-0.25, -0.2) is 0 Å². The first-order valence-corrected chi connectivity index (χ1v) is 8.76. The first-order chi connectivity index (χ1) is 10.7. The van der Waals surface area contributed by atoms with Crippen LogP contribution in [0.1, 0.15) is 51.2 Å². The van der Waals surface area contributed by atoms with E-state index >= 15 is 0 Å². The van der Waals surface area contributed by atoms with Crippen LogP contribution in [0.3, 0.4) is 0 Å². The Balaban J connectivity index is 1.87. The fourth-order valence-electron chi connectivity index (χ4n) is 3.31. The van der Waals surface area contributed by atoms with Gasteiger partial charge in [0.2, 0.25) is 5.91 Å². The average Bonchev–Trinajstić information content (AvgIpc) is 2.59. The number of benzene rings is 1. The van der Waals surface area contributed by atoms with Gasteiger partial charge in [0.1, 0.15) is 0 Å². The Kier molecular flexibility index (Phi) is 6.44. The van der Waals surface area contributed by atoms with Gasteiger partial charge in [0, 0.05) is 32.1 Å². The molecule has 3 heteroatoms. The summed E-state index contributed by atoms with van der Waals surface area (Å²) < 4.78 is 0. The van der Waals surface area contributed by atoms with Gasteiger partial charge in [0.05, 0.1) is 0 Å². The second-order valence-electron chi connectivity index (χ2n) is 6.31. The highest BCUT2D eigenvalue weighted by Crippen LogP contribution is 2.21. The Hall–Kier alpha value is -1.35. The molecule has 1 N–H and O–H groups in total. The molecule has 2 rings (SSSR count). The minimum atomic E-state index is 0.298. The molecule has 0 radical (unpaired) electrons. The summed E-state index contributed by atoms with van der Waals surface area (Å²) in [6.45, 7) is 9.10. The molecule has 2 atom stereocenters. The highest BCUT2D eigenvalue weighted by Gasteiger charge is 2.29. The lowest BCUT2D eigenvalue weighted by Gasteiger charge is -2.38. The van der Waals surface area contributed by atoms with Crippen LogP contribution in [0.15, 0.2) is 24.3 Å². The predicted octanol–water partition coefficient (Wildman–Crippen LogP) is 3.38. The van der Waals surface area contributed by atoms with Crippen LogP contribution >= 0.6 is 0 Å². The lowest BCUT2D eigenvalue weighted by molar-refractivity contribution is -0.133. The molecular weight excluding hydrogens is 272 g/mol. The molecule has 0 aromatic heterocycles. The van der Waals surface area contributed by atoms with Gasteiger partial charge in [0.15, 0.2) is 0 Å². The van der Waals surface area contributed by atoms with Gasteiger partial charge in [-0.05, 0) is 29.9 Å². The number of carbonyl (C=O) groups excluding carboxylic acids is 1. The molecule has 3 nitrogen and oxygen atoms in total. The molecule has 0 spiro atoms. The van der Waals surface area contributed by atoms with Crippen LogP contribution in [-0.4, -0.2) is 29.9 Å². The first kappa shape index (κ1) is 17.0. The number of rotatable bonds is 6. The third-order valence-corrected chi connectivity index (χ3v) is 4.91. The van der Waals surface area contributed by atoms with E-state index in [-0.39, 0.29) is 0 Å². The molecule has 0 aliphatic carbocycles. The number of carbonyl (C=O) groups is 1. The number of amides is 1. The van der Waals surface area contributed by atoms with Crippen molar-refractivity contribution in [1.82, 2.24) is 10.2 Å². The summed E-state index contributed by atoms with van der Waals surface area (Å²) in [4.78, 5) is 13.9. The van der Waals surface area contributed by atoms with Gasteiger partial charge in [-0.15, -0.1) is 0 Å². The van der Waals surface area contributed by atoms with Gasteiger partial charge in [-0.3, -0.25) is 4.79 Å². The van der Waals surface area contributed by atoms with Gasteiger partial charge in [-0.2, -0.15) is 0 Å². The number of hydrogen-bond donors (Lipinski definition) is 1. The standard InChI is InChI=1S/C19H30N2O/c1-4-15-7-9-16(10-8-15)13-20-18-11-12-21(19(22)6-3)14-17(18)5-2/h7-10,17-18,20H,4-6,11-14H2,1-3H3/t17-,18-/m1/s1. The van der Waals surface area contributed by atoms with Crippen molar-refractivity contribution < 1.29 is 4.79 Å². The van der Waals surface area contributed by atoms with E-state index in [1.54, 1.807) is 0 Å². The molecular formula is C19H30N2O. The summed E-state index contributed by atoms with van der Waals surface area (Å²) in [7, 11) is 0. The maximum absolute atomic E-state index is 11.9. The number of piperidine rings is 1. The van der Waals surface area contributed by atoms with Gasteiger partial charge < -0.3 is 10.2 Å². The minimum absolute atomic E-state index is 0.298. The van der Waals surface area contributed by atoms with E-state index in [9.17, 15) is 4.79 Å². The van der Waals surface area contributed by atoms with Crippen LogP contribution < -0.4 is 5.32 Å². The van der Waals surface area contributed by atoms with Crippen LogP contribution in [0.2, 0.25) is 0 Å². The topological polar surface area (TPSA) is 32.3 Å². The molecule has 1 aliphatic rings. The van der Waals surface area contributed by atoms with Crippen molar-refractivity contribution in [3.05, 3.63) is 35.4 Å². The fourth-order valence-corrected chi connectivity index (χ4v) is 3.31. The maximum atomic E-state index is 11.9. The van der Waals surface area contributed by atoms with E-state index in [0.717, 1.165) is 38.9 Å². The Morgan fingerprint density at radius 1 is 1.18 bits per heavy atom. The Bertz CT molecular complexity index is 469. The number of likely N-dealkylation sites (tertiary alicyclic amines) is 1. The average molecular weight is 302 g/mol. The van der Waals surface area contributed by atoms with Crippen molar-refractivity contribution in [2.45, 2.75) is 59.0 Å². The monoisotopic (exact) mass is 302 g/mol. The fraction of sp³-hybridized carbons (Fsp3) is 0.632. The third-order valence-electron chi connectivity index (χ3n) is 4.91. The van der Waals surface area contributed by atoms with Crippen LogP contribution in [0.5, 0.6) is 0 Å². The summed E-state index contributed by atoms with van der Waals surface area (Å²) in [5.74, 6) is 0.867. The van der Waals surface area contributed by atoms with Crippen LogP contribution in [0, 0.1) is 5.92 Å². The molecule has 0 unspecified atom stereocenters. The second-order valence-corrected chi connectivity index (χ2v) is 6.31. The van der Waals surface area contributed by atoms with Gasteiger partial charge in [0.25, 0.3) is 0 Å². The Morgan fingerprint density at radius 3 is 2.45 bits per heavy atom. The highest BCUT2D eigenvalue weighted by atomic mass is 16.2. The van der Waals surface area contributed by atoms with Crippen LogP contribution in [0.4, 0.5) is 0 Å². The van der Waals surface area contributed by atoms with Crippen molar-refractivity contribution in [2.75, 3.05) is 13.1 Å². The lowest BCUT2D eigenvalue weighted by Crippen LogP contribution is -2.50. The molecule has 22 heavy (non-hydrogen) atoms. The first-order valence-electron chi connectivity index (χ1n) is 8.76. The molecule has 1 fully saturated rings. The molecule has 0 saturated carbocycles. The summed E-state index contributed by atoms with van der Waals surface area (Å²) in [5.41, 5.74) is 2.74. The summed E-state index contributed by atoms with van der Waals surface area (Å²) >= 11 is 0. The summed E-state index contributed by atoms with van der Waals surface area (Å²) in [5, 5.41) is 3.72. The molecule has 1 aromatic rings.